The first kappa shape index (κ1) is 17.9. The van der Waals surface area contributed by atoms with Gasteiger partial charge in [-0.3, -0.25) is 14.6 Å². The van der Waals surface area contributed by atoms with Gasteiger partial charge in [0.1, 0.15) is 5.82 Å². The van der Waals surface area contributed by atoms with Gasteiger partial charge in [0.2, 0.25) is 5.95 Å². The van der Waals surface area contributed by atoms with E-state index in [1.165, 1.54) is 6.07 Å². The van der Waals surface area contributed by atoms with E-state index in [9.17, 15) is 9.59 Å². The smallest absolute Gasteiger partial charge is 0.254 e. The molecule has 0 atom stereocenters. The number of H-pyrrole nitrogens is 2. The first-order valence-corrected chi connectivity index (χ1v) is 8.43. The number of aromatic amines is 2. The van der Waals surface area contributed by atoms with Crippen LogP contribution in [0.1, 0.15) is 28.3 Å². The summed E-state index contributed by atoms with van der Waals surface area (Å²) in [6.45, 7) is 3.97. The van der Waals surface area contributed by atoms with Gasteiger partial charge < -0.3 is 10.3 Å². The maximum Gasteiger partial charge on any atom is 0.254 e. The lowest BCUT2D eigenvalue weighted by Gasteiger charge is -2.08. The molecule has 134 valence electrons. The highest BCUT2D eigenvalue weighted by Crippen LogP contribution is 2.11. The summed E-state index contributed by atoms with van der Waals surface area (Å²) in [5.41, 5.74) is 2.11. The van der Waals surface area contributed by atoms with Crippen molar-refractivity contribution in [3.05, 3.63) is 84.4 Å². The number of aromatic nitrogens is 4. The molecule has 7 nitrogen and oxygen atoms in total. The standard InChI is InChI=1S/C18H18ClN5O2/c1-10-15(17(26)22-11(2)21-10)7-14-8-16(25)24-18(23-14)20-9-12-3-5-13(19)6-4-12/h3-6,8H,7,9H2,1-2H3,(H,21,22,26)(H2,20,23,24,25). The molecule has 0 radical (unpaired) electrons. The Morgan fingerprint density at radius 2 is 1.81 bits per heavy atom. The Morgan fingerprint density at radius 1 is 1.08 bits per heavy atom. The van der Waals surface area contributed by atoms with Crippen molar-refractivity contribution in [2.24, 2.45) is 0 Å². The van der Waals surface area contributed by atoms with Crippen LogP contribution in [0, 0.1) is 13.8 Å². The molecule has 0 spiro atoms. The Balaban J connectivity index is 1.81. The summed E-state index contributed by atoms with van der Waals surface area (Å²) in [5, 5.41) is 3.74. The van der Waals surface area contributed by atoms with Crippen LogP contribution in [0.15, 0.2) is 39.9 Å². The van der Waals surface area contributed by atoms with Crippen LogP contribution >= 0.6 is 11.6 Å². The van der Waals surface area contributed by atoms with E-state index in [2.05, 4.69) is 25.3 Å². The van der Waals surface area contributed by atoms with E-state index < -0.39 is 0 Å². The molecule has 2 aromatic heterocycles. The zero-order valence-corrected chi connectivity index (χ0v) is 15.1. The van der Waals surface area contributed by atoms with E-state index in [0.717, 1.165) is 5.56 Å². The summed E-state index contributed by atoms with van der Waals surface area (Å²) in [6.07, 6.45) is 0.230. The van der Waals surface area contributed by atoms with Crippen molar-refractivity contribution >= 4 is 17.5 Å². The minimum absolute atomic E-state index is 0.215. The number of benzene rings is 1. The maximum absolute atomic E-state index is 12.1. The molecule has 3 aromatic rings. The van der Waals surface area contributed by atoms with Crippen LogP contribution in [-0.4, -0.2) is 19.9 Å². The van der Waals surface area contributed by atoms with Gasteiger partial charge >= 0.3 is 0 Å². The highest BCUT2D eigenvalue weighted by atomic mass is 35.5. The van der Waals surface area contributed by atoms with Crippen LogP contribution in [0.25, 0.3) is 0 Å². The molecule has 3 rings (SSSR count). The van der Waals surface area contributed by atoms with Gasteiger partial charge in [0.05, 0.1) is 5.69 Å². The molecule has 0 amide bonds. The number of halogens is 1. The summed E-state index contributed by atoms with van der Waals surface area (Å²) < 4.78 is 0. The highest BCUT2D eigenvalue weighted by molar-refractivity contribution is 6.30. The Hall–Kier alpha value is -2.93. The number of rotatable bonds is 5. The van der Waals surface area contributed by atoms with Crippen molar-refractivity contribution in [1.29, 1.82) is 0 Å². The summed E-state index contributed by atoms with van der Waals surface area (Å²) in [7, 11) is 0. The largest absolute Gasteiger partial charge is 0.352 e. The molecule has 8 heteroatoms. The molecule has 0 aliphatic carbocycles. The van der Waals surface area contributed by atoms with Crippen molar-refractivity contribution in [2.45, 2.75) is 26.8 Å². The number of nitrogens with zero attached hydrogens (tertiary/aromatic N) is 2. The molecule has 26 heavy (non-hydrogen) atoms. The van der Waals surface area contributed by atoms with Gasteiger partial charge in [0.25, 0.3) is 11.1 Å². The molecule has 1 aromatic carbocycles. The predicted molar refractivity (Wildman–Crippen MR) is 101 cm³/mol. The molecular formula is C18H18ClN5O2. The summed E-state index contributed by atoms with van der Waals surface area (Å²) in [4.78, 5) is 38.0. The summed E-state index contributed by atoms with van der Waals surface area (Å²) in [6, 6.07) is 8.75. The van der Waals surface area contributed by atoms with Crippen LogP contribution < -0.4 is 16.4 Å². The molecule has 2 heterocycles. The minimum Gasteiger partial charge on any atom is -0.352 e. The second-order valence-electron chi connectivity index (χ2n) is 5.96. The quantitative estimate of drug-likeness (QED) is 0.638. The predicted octanol–water partition coefficient (Wildman–Crippen LogP) is 2.33. The van der Waals surface area contributed by atoms with Gasteiger partial charge in [-0.05, 0) is 31.5 Å². The van der Waals surface area contributed by atoms with Gasteiger partial charge in [-0.1, -0.05) is 23.7 Å². The average Bonchev–Trinajstić information content (AvgIpc) is 2.57. The van der Waals surface area contributed by atoms with E-state index in [-0.39, 0.29) is 17.5 Å². The molecule has 3 N–H and O–H groups in total. The second kappa shape index (κ2) is 7.53. The lowest BCUT2D eigenvalue weighted by molar-refractivity contribution is 0.903. The van der Waals surface area contributed by atoms with Crippen LogP contribution in [0.4, 0.5) is 5.95 Å². The van der Waals surface area contributed by atoms with Crippen molar-refractivity contribution in [3.63, 3.8) is 0 Å². The molecule has 0 unspecified atom stereocenters. The van der Waals surface area contributed by atoms with Gasteiger partial charge in [0.15, 0.2) is 0 Å². The maximum atomic E-state index is 12.1. The normalized spacial score (nSPS) is 10.7. The Bertz CT molecular complexity index is 1040. The minimum atomic E-state index is -0.289. The number of hydrogen-bond donors (Lipinski definition) is 3. The third-order valence-electron chi connectivity index (χ3n) is 3.87. The molecule has 0 aliphatic heterocycles. The lowest BCUT2D eigenvalue weighted by atomic mass is 10.1. The SMILES string of the molecule is Cc1nc(C)c(Cc2cc(=O)[nH]c(NCc3ccc(Cl)cc3)n2)c(=O)[nH]1. The number of hydrogen-bond acceptors (Lipinski definition) is 5. The van der Waals surface area contributed by atoms with Crippen molar-refractivity contribution in [1.82, 2.24) is 19.9 Å². The van der Waals surface area contributed by atoms with E-state index in [1.54, 1.807) is 26.0 Å². The highest BCUT2D eigenvalue weighted by Gasteiger charge is 2.10. The topological polar surface area (TPSA) is 104 Å². The Kier molecular flexibility index (Phi) is 5.18. The zero-order chi connectivity index (χ0) is 18.7. The molecular weight excluding hydrogens is 354 g/mol. The Labute approximate surface area is 154 Å². The number of aryl methyl sites for hydroxylation is 2. The molecule has 0 saturated heterocycles. The van der Waals surface area contributed by atoms with Gasteiger partial charge in [-0.2, -0.15) is 0 Å². The fourth-order valence-electron chi connectivity index (χ4n) is 2.61. The van der Waals surface area contributed by atoms with Crippen LogP contribution in [0.5, 0.6) is 0 Å². The molecule has 0 saturated carbocycles. The molecule has 0 aliphatic rings. The van der Waals surface area contributed by atoms with Gasteiger partial charge in [0, 0.05) is 35.3 Å². The van der Waals surface area contributed by atoms with Gasteiger partial charge in [-0.15, -0.1) is 0 Å². The summed E-state index contributed by atoms with van der Waals surface area (Å²) in [5.74, 6) is 0.900. The fourth-order valence-corrected chi connectivity index (χ4v) is 2.74. The summed E-state index contributed by atoms with van der Waals surface area (Å²) >= 11 is 5.87. The first-order valence-electron chi connectivity index (χ1n) is 8.05. The van der Waals surface area contributed by atoms with E-state index in [1.807, 2.05) is 12.1 Å². The monoisotopic (exact) mass is 371 g/mol. The Morgan fingerprint density at radius 3 is 2.50 bits per heavy atom. The van der Waals surface area contributed by atoms with Crippen LogP contribution in [0.3, 0.4) is 0 Å². The van der Waals surface area contributed by atoms with Crippen LogP contribution in [-0.2, 0) is 13.0 Å². The lowest BCUT2D eigenvalue weighted by Crippen LogP contribution is -2.20. The van der Waals surface area contributed by atoms with E-state index in [4.69, 9.17) is 11.6 Å². The number of anilines is 1. The second-order valence-corrected chi connectivity index (χ2v) is 6.39. The van der Waals surface area contributed by atoms with Crippen LogP contribution in [0.2, 0.25) is 5.02 Å². The van der Waals surface area contributed by atoms with Crippen molar-refractivity contribution in [2.75, 3.05) is 5.32 Å². The zero-order valence-electron chi connectivity index (χ0n) is 14.4. The van der Waals surface area contributed by atoms with Crippen molar-refractivity contribution < 1.29 is 0 Å². The average molecular weight is 372 g/mol. The molecule has 0 fully saturated rings. The number of nitrogens with one attached hydrogen (secondary N) is 3. The van der Waals surface area contributed by atoms with E-state index >= 15 is 0 Å². The van der Waals surface area contributed by atoms with Gasteiger partial charge in [-0.25, -0.2) is 9.97 Å². The molecule has 0 bridgehead atoms. The fraction of sp³-hybridized carbons (Fsp3) is 0.222. The third kappa shape index (κ3) is 4.37. The van der Waals surface area contributed by atoms with Crippen molar-refractivity contribution in [3.8, 4) is 0 Å². The first-order chi connectivity index (χ1) is 12.4. The third-order valence-corrected chi connectivity index (χ3v) is 4.12. The van der Waals surface area contributed by atoms with E-state index in [0.29, 0.717) is 40.3 Å².